The van der Waals surface area contributed by atoms with Gasteiger partial charge in [-0.1, -0.05) is 13.3 Å². The molecular weight excluding hydrogens is 242 g/mol. The fraction of sp³-hybridized carbons (Fsp3) is 0.692. The number of nitrogens with zero attached hydrogens (tertiary/aromatic N) is 4. The summed E-state index contributed by atoms with van der Waals surface area (Å²) in [6.07, 6.45) is 7.53. The third-order valence-electron chi connectivity index (χ3n) is 3.90. The molecule has 0 aliphatic heterocycles. The predicted octanol–water partition coefficient (Wildman–Crippen LogP) is 1.26. The minimum absolute atomic E-state index is 0.112. The van der Waals surface area contributed by atoms with Crippen LogP contribution >= 0.6 is 0 Å². The Labute approximate surface area is 112 Å². The molecule has 1 N–H and O–H groups in total. The van der Waals surface area contributed by atoms with Gasteiger partial charge in [-0.3, -0.25) is 4.79 Å². The highest BCUT2D eigenvalue weighted by Crippen LogP contribution is 2.33. The molecule has 1 aromatic heterocycles. The second-order valence-corrected chi connectivity index (χ2v) is 5.19. The van der Waals surface area contributed by atoms with E-state index in [4.69, 9.17) is 0 Å². The van der Waals surface area contributed by atoms with Crippen molar-refractivity contribution in [2.75, 3.05) is 0 Å². The van der Waals surface area contributed by atoms with Gasteiger partial charge in [0.25, 0.3) is 0 Å². The van der Waals surface area contributed by atoms with Gasteiger partial charge in [-0.15, -0.1) is 0 Å². The van der Waals surface area contributed by atoms with Gasteiger partial charge in [0.1, 0.15) is 24.7 Å². The average Bonchev–Trinajstić information content (AvgIpc) is 2.92. The number of rotatable bonds is 4. The fourth-order valence-corrected chi connectivity index (χ4v) is 2.61. The summed E-state index contributed by atoms with van der Waals surface area (Å²) in [5.41, 5.74) is -0.691. The molecule has 0 unspecified atom stereocenters. The van der Waals surface area contributed by atoms with Crippen LogP contribution in [-0.4, -0.2) is 26.2 Å². The zero-order valence-corrected chi connectivity index (χ0v) is 11.2. The molecule has 1 aliphatic rings. The topological polar surface area (TPSA) is 83.6 Å². The quantitative estimate of drug-likeness (QED) is 0.884. The SMILES string of the molecule is CCC1CCC(C#N)(NC(=O)Cn2cncn2)CC1. The molecule has 1 amide bonds. The maximum absolute atomic E-state index is 11.9. The van der Waals surface area contributed by atoms with Crippen molar-refractivity contribution in [1.82, 2.24) is 20.1 Å². The number of carbonyl (C=O) groups is 1. The van der Waals surface area contributed by atoms with Crippen LogP contribution in [0.1, 0.15) is 39.0 Å². The summed E-state index contributed by atoms with van der Waals surface area (Å²) >= 11 is 0. The van der Waals surface area contributed by atoms with Crippen molar-refractivity contribution in [3.8, 4) is 6.07 Å². The van der Waals surface area contributed by atoms with E-state index in [-0.39, 0.29) is 12.5 Å². The maximum Gasteiger partial charge on any atom is 0.243 e. The summed E-state index contributed by atoms with van der Waals surface area (Å²) in [5.74, 6) is 0.510. The van der Waals surface area contributed by atoms with Crippen LogP contribution in [0.4, 0.5) is 0 Å². The van der Waals surface area contributed by atoms with E-state index in [9.17, 15) is 10.1 Å². The van der Waals surface area contributed by atoms with Gasteiger partial charge >= 0.3 is 0 Å². The largest absolute Gasteiger partial charge is 0.336 e. The first kappa shape index (κ1) is 13.5. The number of nitriles is 1. The number of carbonyl (C=O) groups excluding carboxylic acids is 1. The molecule has 102 valence electrons. The van der Waals surface area contributed by atoms with Crippen LogP contribution in [0.3, 0.4) is 0 Å². The van der Waals surface area contributed by atoms with Crippen LogP contribution in [0.25, 0.3) is 0 Å². The van der Waals surface area contributed by atoms with Gasteiger partial charge in [0.05, 0.1) is 6.07 Å². The number of aromatic nitrogens is 3. The van der Waals surface area contributed by atoms with Crippen molar-refractivity contribution >= 4 is 5.91 Å². The third kappa shape index (κ3) is 3.31. The summed E-state index contributed by atoms with van der Waals surface area (Å²) in [6.45, 7) is 2.29. The fourth-order valence-electron chi connectivity index (χ4n) is 2.61. The van der Waals surface area contributed by atoms with Crippen LogP contribution in [-0.2, 0) is 11.3 Å². The van der Waals surface area contributed by atoms with E-state index in [1.807, 2.05) is 0 Å². The van der Waals surface area contributed by atoms with Gasteiger partial charge in [0.15, 0.2) is 0 Å². The number of hydrogen-bond acceptors (Lipinski definition) is 4. The molecule has 0 radical (unpaired) electrons. The zero-order valence-electron chi connectivity index (χ0n) is 11.2. The lowest BCUT2D eigenvalue weighted by Crippen LogP contribution is -2.50. The first-order valence-electron chi connectivity index (χ1n) is 6.72. The Morgan fingerprint density at radius 3 is 2.84 bits per heavy atom. The van der Waals surface area contributed by atoms with Gasteiger partial charge in [0.2, 0.25) is 5.91 Å². The first-order chi connectivity index (χ1) is 9.17. The highest BCUT2D eigenvalue weighted by atomic mass is 16.2. The van der Waals surface area contributed by atoms with Crippen LogP contribution in [0.5, 0.6) is 0 Å². The molecule has 6 nitrogen and oxygen atoms in total. The highest BCUT2D eigenvalue weighted by Gasteiger charge is 2.36. The Bertz CT molecular complexity index is 454. The van der Waals surface area contributed by atoms with Crippen LogP contribution in [0, 0.1) is 17.2 Å². The smallest absolute Gasteiger partial charge is 0.243 e. The van der Waals surface area contributed by atoms with Crippen LogP contribution in [0.2, 0.25) is 0 Å². The van der Waals surface area contributed by atoms with Gasteiger partial charge in [-0.05, 0) is 31.6 Å². The molecular formula is C13H19N5O. The van der Waals surface area contributed by atoms with E-state index in [2.05, 4.69) is 28.4 Å². The molecule has 1 aromatic rings. The van der Waals surface area contributed by atoms with Crippen molar-refractivity contribution in [3.05, 3.63) is 12.7 Å². The van der Waals surface area contributed by atoms with Crippen LogP contribution < -0.4 is 5.32 Å². The molecule has 6 heteroatoms. The van der Waals surface area contributed by atoms with Crippen molar-refractivity contribution < 1.29 is 4.79 Å². The maximum atomic E-state index is 11.9. The second kappa shape index (κ2) is 5.83. The van der Waals surface area contributed by atoms with Crippen molar-refractivity contribution in [2.45, 2.75) is 51.1 Å². The first-order valence-corrected chi connectivity index (χ1v) is 6.72. The molecule has 1 saturated carbocycles. The monoisotopic (exact) mass is 261 g/mol. The molecule has 0 bridgehead atoms. The lowest BCUT2D eigenvalue weighted by atomic mass is 9.76. The minimum Gasteiger partial charge on any atom is -0.336 e. The Morgan fingerprint density at radius 1 is 1.58 bits per heavy atom. The number of hydrogen-bond donors (Lipinski definition) is 1. The van der Waals surface area contributed by atoms with Crippen LogP contribution in [0.15, 0.2) is 12.7 Å². The molecule has 0 aromatic carbocycles. The second-order valence-electron chi connectivity index (χ2n) is 5.19. The summed E-state index contributed by atoms with van der Waals surface area (Å²) in [6, 6.07) is 2.30. The Balaban J connectivity index is 1.92. The molecule has 19 heavy (non-hydrogen) atoms. The summed E-state index contributed by atoms with van der Waals surface area (Å²) in [7, 11) is 0. The minimum atomic E-state index is -0.691. The average molecular weight is 261 g/mol. The van der Waals surface area contributed by atoms with Gasteiger partial charge in [-0.25, -0.2) is 9.67 Å². The van der Waals surface area contributed by atoms with Crippen molar-refractivity contribution in [3.63, 3.8) is 0 Å². The van der Waals surface area contributed by atoms with Crippen molar-refractivity contribution in [2.24, 2.45) is 5.92 Å². The van der Waals surface area contributed by atoms with E-state index in [1.54, 1.807) is 0 Å². The molecule has 1 fully saturated rings. The molecule has 0 atom stereocenters. The number of nitrogens with one attached hydrogen (secondary N) is 1. The normalized spacial score (nSPS) is 26.6. The Kier molecular flexibility index (Phi) is 4.15. The standard InChI is InChI=1S/C13H19N5O/c1-2-11-3-5-13(8-14,6-4-11)17-12(19)7-18-10-15-9-16-18/h9-11H,2-7H2,1H3,(H,17,19). The van der Waals surface area contributed by atoms with E-state index in [0.29, 0.717) is 5.92 Å². The molecule has 0 saturated heterocycles. The summed E-state index contributed by atoms with van der Waals surface area (Å²) < 4.78 is 1.46. The Morgan fingerprint density at radius 2 is 2.32 bits per heavy atom. The molecule has 1 heterocycles. The predicted molar refractivity (Wildman–Crippen MR) is 68.8 cm³/mol. The summed E-state index contributed by atoms with van der Waals surface area (Å²) in [4.78, 5) is 15.7. The Hall–Kier alpha value is -1.90. The molecule has 0 spiro atoms. The molecule has 2 rings (SSSR count). The lowest BCUT2D eigenvalue weighted by molar-refractivity contribution is -0.123. The summed E-state index contributed by atoms with van der Waals surface area (Å²) in [5, 5.41) is 16.1. The lowest BCUT2D eigenvalue weighted by Gasteiger charge is -2.35. The molecule has 1 aliphatic carbocycles. The third-order valence-corrected chi connectivity index (χ3v) is 3.90. The van der Waals surface area contributed by atoms with E-state index >= 15 is 0 Å². The highest BCUT2D eigenvalue weighted by molar-refractivity contribution is 5.77. The van der Waals surface area contributed by atoms with E-state index in [0.717, 1.165) is 32.1 Å². The van der Waals surface area contributed by atoms with Crippen molar-refractivity contribution in [1.29, 1.82) is 5.26 Å². The van der Waals surface area contributed by atoms with E-state index in [1.165, 1.54) is 17.3 Å². The van der Waals surface area contributed by atoms with Gasteiger partial charge in [0, 0.05) is 0 Å². The van der Waals surface area contributed by atoms with Gasteiger partial charge in [-0.2, -0.15) is 10.4 Å². The van der Waals surface area contributed by atoms with E-state index < -0.39 is 5.54 Å². The number of amides is 1. The van der Waals surface area contributed by atoms with Gasteiger partial charge < -0.3 is 5.32 Å². The zero-order chi connectivity index (χ0) is 13.7.